The predicted octanol–water partition coefficient (Wildman–Crippen LogP) is 0.925. The molecule has 28 heavy (non-hydrogen) atoms. The van der Waals surface area contributed by atoms with E-state index in [4.69, 9.17) is 9.47 Å². The van der Waals surface area contributed by atoms with Gasteiger partial charge in [-0.15, -0.1) is 0 Å². The molecule has 0 atom stereocenters. The van der Waals surface area contributed by atoms with Gasteiger partial charge in [0.1, 0.15) is 5.75 Å². The Morgan fingerprint density at radius 1 is 1.07 bits per heavy atom. The molecule has 2 aliphatic heterocycles. The number of hydrogen-bond acceptors (Lipinski definition) is 5. The molecule has 1 N–H and O–H groups in total. The molecule has 0 unspecified atom stereocenters. The lowest BCUT2D eigenvalue weighted by Crippen LogP contribution is -2.57. The smallest absolute Gasteiger partial charge is 0.231 e. The Hall–Kier alpha value is -2.12. The van der Waals surface area contributed by atoms with Gasteiger partial charge in [-0.1, -0.05) is 12.1 Å². The Labute approximate surface area is 167 Å². The van der Waals surface area contributed by atoms with Crippen molar-refractivity contribution in [2.45, 2.75) is 19.3 Å². The lowest BCUT2D eigenvalue weighted by Gasteiger charge is -2.42. The van der Waals surface area contributed by atoms with Crippen molar-refractivity contribution < 1.29 is 19.1 Å². The van der Waals surface area contributed by atoms with Crippen LogP contribution in [-0.2, 0) is 20.7 Å². The van der Waals surface area contributed by atoms with E-state index in [0.717, 1.165) is 37.2 Å². The van der Waals surface area contributed by atoms with Crippen LogP contribution >= 0.6 is 0 Å². The van der Waals surface area contributed by atoms with E-state index in [2.05, 4.69) is 5.32 Å². The summed E-state index contributed by atoms with van der Waals surface area (Å²) in [7, 11) is 3.28. The average molecular weight is 389 g/mol. The lowest BCUT2D eigenvalue weighted by molar-refractivity contribution is -0.151. The standard InChI is InChI=1S/C21H31N3O4/c1-27-16-21(6-8-22-9-7-21)20(26)24-12-10-23(11-13-24)19(25)15-17-4-3-5-18(14-17)28-2/h3-5,14,22H,6-13,15-16H2,1-2H3. The molecular weight excluding hydrogens is 358 g/mol. The predicted molar refractivity (Wildman–Crippen MR) is 106 cm³/mol. The van der Waals surface area contributed by atoms with Crippen LogP contribution in [0.25, 0.3) is 0 Å². The molecule has 2 saturated heterocycles. The van der Waals surface area contributed by atoms with Gasteiger partial charge in [0.05, 0.1) is 25.6 Å². The van der Waals surface area contributed by atoms with E-state index < -0.39 is 5.41 Å². The maximum absolute atomic E-state index is 13.2. The van der Waals surface area contributed by atoms with Gasteiger partial charge in [0, 0.05) is 33.3 Å². The molecule has 1 aromatic carbocycles. The summed E-state index contributed by atoms with van der Waals surface area (Å²) in [5.74, 6) is 1.02. The normalized spacial score (nSPS) is 19.4. The van der Waals surface area contributed by atoms with Crippen LogP contribution in [0.2, 0.25) is 0 Å². The number of hydrogen-bond donors (Lipinski definition) is 1. The molecule has 2 aliphatic rings. The van der Waals surface area contributed by atoms with Gasteiger partial charge in [0.25, 0.3) is 0 Å². The number of amides is 2. The Balaban J connectivity index is 1.55. The highest BCUT2D eigenvalue weighted by Crippen LogP contribution is 2.32. The molecule has 7 heteroatoms. The molecule has 0 aliphatic carbocycles. The summed E-state index contributed by atoms with van der Waals surface area (Å²) >= 11 is 0. The Morgan fingerprint density at radius 3 is 2.39 bits per heavy atom. The van der Waals surface area contributed by atoms with Crippen molar-refractivity contribution in [2.75, 3.05) is 60.1 Å². The molecule has 3 rings (SSSR count). The minimum absolute atomic E-state index is 0.0915. The van der Waals surface area contributed by atoms with Gasteiger partial charge in [-0.05, 0) is 43.6 Å². The number of carbonyl (C=O) groups excluding carboxylic acids is 2. The molecule has 2 heterocycles. The molecule has 0 radical (unpaired) electrons. The number of rotatable bonds is 6. The minimum atomic E-state index is -0.424. The van der Waals surface area contributed by atoms with Crippen LogP contribution < -0.4 is 10.1 Å². The largest absolute Gasteiger partial charge is 0.497 e. The summed E-state index contributed by atoms with van der Waals surface area (Å²) in [6.07, 6.45) is 1.95. The molecule has 1 aromatic rings. The number of nitrogens with one attached hydrogen (secondary N) is 1. The maximum atomic E-state index is 13.2. The van der Waals surface area contributed by atoms with Crippen LogP contribution in [0.5, 0.6) is 5.75 Å². The number of ether oxygens (including phenoxy) is 2. The van der Waals surface area contributed by atoms with Crippen LogP contribution in [0.15, 0.2) is 24.3 Å². The van der Waals surface area contributed by atoms with Gasteiger partial charge in [-0.3, -0.25) is 9.59 Å². The fourth-order valence-electron chi connectivity index (χ4n) is 4.16. The fraction of sp³-hybridized carbons (Fsp3) is 0.619. The number of piperazine rings is 1. The molecule has 2 fully saturated rings. The highest BCUT2D eigenvalue weighted by Gasteiger charge is 2.43. The van der Waals surface area contributed by atoms with E-state index in [0.29, 0.717) is 39.2 Å². The molecule has 0 aromatic heterocycles. The first-order valence-corrected chi connectivity index (χ1v) is 9.98. The second-order valence-corrected chi connectivity index (χ2v) is 7.66. The summed E-state index contributed by atoms with van der Waals surface area (Å²) in [5.41, 5.74) is 0.517. The third-order valence-electron chi connectivity index (χ3n) is 5.84. The van der Waals surface area contributed by atoms with Crippen molar-refractivity contribution >= 4 is 11.8 Å². The molecule has 0 bridgehead atoms. The van der Waals surface area contributed by atoms with Crippen molar-refractivity contribution in [2.24, 2.45) is 5.41 Å². The van der Waals surface area contributed by atoms with E-state index in [1.807, 2.05) is 34.1 Å². The zero-order chi connectivity index (χ0) is 20.0. The Kier molecular flexibility index (Phi) is 6.91. The molecular formula is C21H31N3O4. The fourth-order valence-corrected chi connectivity index (χ4v) is 4.16. The maximum Gasteiger partial charge on any atom is 0.231 e. The van der Waals surface area contributed by atoms with E-state index in [1.165, 1.54) is 0 Å². The van der Waals surface area contributed by atoms with Gasteiger partial charge >= 0.3 is 0 Å². The third-order valence-corrected chi connectivity index (χ3v) is 5.84. The number of methoxy groups -OCH3 is 2. The lowest BCUT2D eigenvalue weighted by atomic mass is 9.78. The minimum Gasteiger partial charge on any atom is -0.497 e. The van der Waals surface area contributed by atoms with Crippen LogP contribution in [0.3, 0.4) is 0 Å². The second-order valence-electron chi connectivity index (χ2n) is 7.66. The van der Waals surface area contributed by atoms with Gasteiger partial charge < -0.3 is 24.6 Å². The van der Waals surface area contributed by atoms with Crippen LogP contribution in [-0.4, -0.2) is 81.7 Å². The number of carbonyl (C=O) groups is 2. The Bertz CT molecular complexity index is 674. The molecule has 7 nitrogen and oxygen atoms in total. The molecule has 154 valence electrons. The summed E-state index contributed by atoms with van der Waals surface area (Å²) < 4.78 is 10.6. The van der Waals surface area contributed by atoms with Crippen LogP contribution in [0.1, 0.15) is 18.4 Å². The zero-order valence-corrected chi connectivity index (χ0v) is 16.9. The van der Waals surface area contributed by atoms with Crippen molar-refractivity contribution in [1.29, 1.82) is 0 Å². The highest BCUT2D eigenvalue weighted by atomic mass is 16.5. The average Bonchev–Trinajstić information content (AvgIpc) is 2.74. The molecule has 2 amide bonds. The van der Waals surface area contributed by atoms with Crippen molar-refractivity contribution in [3.05, 3.63) is 29.8 Å². The second kappa shape index (κ2) is 9.39. The Morgan fingerprint density at radius 2 is 1.75 bits per heavy atom. The van der Waals surface area contributed by atoms with Crippen LogP contribution in [0.4, 0.5) is 0 Å². The number of benzene rings is 1. The summed E-state index contributed by atoms with van der Waals surface area (Å²) in [6, 6.07) is 7.59. The van der Waals surface area contributed by atoms with E-state index >= 15 is 0 Å². The van der Waals surface area contributed by atoms with E-state index in [9.17, 15) is 9.59 Å². The summed E-state index contributed by atoms with van der Waals surface area (Å²) in [5, 5.41) is 3.32. The first kappa shape index (κ1) is 20.6. The van der Waals surface area contributed by atoms with E-state index in [1.54, 1.807) is 14.2 Å². The number of piperidine rings is 1. The zero-order valence-electron chi connectivity index (χ0n) is 16.9. The van der Waals surface area contributed by atoms with Gasteiger partial charge in [-0.25, -0.2) is 0 Å². The van der Waals surface area contributed by atoms with E-state index in [-0.39, 0.29) is 11.8 Å². The first-order chi connectivity index (χ1) is 13.6. The van der Waals surface area contributed by atoms with Crippen molar-refractivity contribution in [3.63, 3.8) is 0 Å². The monoisotopic (exact) mass is 389 g/mol. The van der Waals surface area contributed by atoms with Gasteiger partial charge in [0.15, 0.2) is 0 Å². The molecule has 0 saturated carbocycles. The topological polar surface area (TPSA) is 71.1 Å². The first-order valence-electron chi connectivity index (χ1n) is 9.98. The summed E-state index contributed by atoms with van der Waals surface area (Å²) in [6.45, 7) is 4.47. The van der Waals surface area contributed by atoms with Crippen molar-refractivity contribution in [1.82, 2.24) is 15.1 Å². The quantitative estimate of drug-likeness (QED) is 0.784. The molecule has 0 spiro atoms. The highest BCUT2D eigenvalue weighted by molar-refractivity contribution is 5.84. The van der Waals surface area contributed by atoms with Crippen LogP contribution in [0, 0.1) is 5.41 Å². The van der Waals surface area contributed by atoms with Gasteiger partial charge in [-0.2, -0.15) is 0 Å². The van der Waals surface area contributed by atoms with Gasteiger partial charge in [0.2, 0.25) is 11.8 Å². The summed E-state index contributed by atoms with van der Waals surface area (Å²) in [4.78, 5) is 29.6. The number of nitrogens with zero attached hydrogens (tertiary/aromatic N) is 2. The SMILES string of the molecule is COCC1(C(=O)N2CCN(C(=O)Cc3cccc(OC)c3)CC2)CCNCC1. The third kappa shape index (κ3) is 4.64. The van der Waals surface area contributed by atoms with Crippen molar-refractivity contribution in [3.8, 4) is 5.75 Å².